The molecule has 0 saturated heterocycles. The lowest BCUT2D eigenvalue weighted by atomic mass is 10.2. The molecule has 0 fully saturated rings. The molecule has 0 bridgehead atoms. The van der Waals surface area contributed by atoms with Gasteiger partial charge in [0.1, 0.15) is 17.4 Å². The van der Waals surface area contributed by atoms with Crippen molar-refractivity contribution in [3.63, 3.8) is 0 Å². The average Bonchev–Trinajstić information content (AvgIpc) is 3.06. The first-order valence-electron chi connectivity index (χ1n) is 7.79. The van der Waals surface area contributed by atoms with Gasteiger partial charge in [0.2, 0.25) is 10.0 Å². The maximum absolute atomic E-state index is 13.8. The van der Waals surface area contributed by atoms with Crippen molar-refractivity contribution in [2.45, 2.75) is 11.0 Å². The fourth-order valence-corrected chi connectivity index (χ4v) is 3.59. The molecule has 3 rings (SSSR count). The standard InChI is InChI=1S/C18H18FNO5S/c1-23-16-8-7-13(10-14(16)19)26(21,22)20-11-18(24-2)17-9-12-5-3-4-6-15(12)25-17/h3-10,18,20H,11H2,1-2H3/t18-/m1/s1. The number of methoxy groups -OCH3 is 2. The van der Waals surface area contributed by atoms with Crippen LogP contribution in [0.4, 0.5) is 4.39 Å². The number of furan rings is 1. The minimum absolute atomic E-state index is 0.0269. The number of para-hydroxylation sites is 1. The molecule has 1 aromatic heterocycles. The predicted molar refractivity (Wildman–Crippen MR) is 94.1 cm³/mol. The minimum atomic E-state index is -3.92. The number of ether oxygens (including phenoxy) is 2. The van der Waals surface area contributed by atoms with Crippen LogP contribution in [0.1, 0.15) is 11.9 Å². The second-order valence-corrected chi connectivity index (χ2v) is 7.33. The molecule has 0 radical (unpaired) electrons. The van der Waals surface area contributed by atoms with Crippen LogP contribution >= 0.6 is 0 Å². The Morgan fingerprint density at radius 2 is 1.92 bits per heavy atom. The number of nitrogens with one attached hydrogen (secondary N) is 1. The van der Waals surface area contributed by atoms with Crippen molar-refractivity contribution >= 4 is 21.0 Å². The molecule has 0 spiro atoms. The summed E-state index contributed by atoms with van der Waals surface area (Å²) in [4.78, 5) is -0.199. The molecule has 1 heterocycles. The van der Waals surface area contributed by atoms with Gasteiger partial charge < -0.3 is 13.9 Å². The van der Waals surface area contributed by atoms with Gasteiger partial charge in [0.05, 0.1) is 12.0 Å². The predicted octanol–water partition coefficient (Wildman–Crippen LogP) is 3.25. The molecule has 0 saturated carbocycles. The van der Waals surface area contributed by atoms with E-state index in [4.69, 9.17) is 13.9 Å². The average molecular weight is 379 g/mol. The first-order chi connectivity index (χ1) is 12.4. The molecule has 2 aromatic carbocycles. The van der Waals surface area contributed by atoms with Crippen LogP contribution in [0.5, 0.6) is 5.75 Å². The van der Waals surface area contributed by atoms with Crippen molar-refractivity contribution in [1.82, 2.24) is 4.72 Å². The monoisotopic (exact) mass is 379 g/mol. The normalized spacial score (nSPS) is 13.0. The second kappa shape index (κ2) is 7.45. The Labute approximate surface area is 150 Å². The van der Waals surface area contributed by atoms with E-state index in [9.17, 15) is 12.8 Å². The van der Waals surface area contributed by atoms with E-state index in [1.165, 1.54) is 26.4 Å². The highest BCUT2D eigenvalue weighted by Crippen LogP contribution is 2.26. The summed E-state index contributed by atoms with van der Waals surface area (Å²) in [5, 5.41) is 0.893. The van der Waals surface area contributed by atoms with E-state index in [1.54, 1.807) is 6.07 Å². The molecule has 8 heteroatoms. The zero-order valence-corrected chi connectivity index (χ0v) is 15.0. The summed E-state index contributed by atoms with van der Waals surface area (Å²) in [6, 6.07) is 12.7. The van der Waals surface area contributed by atoms with E-state index >= 15 is 0 Å². The molecular weight excluding hydrogens is 361 g/mol. The molecule has 0 aliphatic heterocycles. The Kier molecular flexibility index (Phi) is 5.26. The van der Waals surface area contributed by atoms with Crippen molar-refractivity contribution in [2.75, 3.05) is 20.8 Å². The van der Waals surface area contributed by atoms with Crippen LogP contribution in [-0.2, 0) is 14.8 Å². The Bertz CT molecular complexity index is 982. The van der Waals surface area contributed by atoms with Crippen LogP contribution < -0.4 is 9.46 Å². The molecule has 1 N–H and O–H groups in total. The highest BCUT2D eigenvalue weighted by Gasteiger charge is 2.21. The topological polar surface area (TPSA) is 77.8 Å². The third-order valence-corrected chi connectivity index (χ3v) is 5.36. The van der Waals surface area contributed by atoms with Crippen molar-refractivity contribution in [3.8, 4) is 5.75 Å². The first kappa shape index (κ1) is 18.4. The summed E-state index contributed by atoms with van der Waals surface area (Å²) in [7, 11) is -1.15. The lowest BCUT2D eigenvalue weighted by Gasteiger charge is -2.14. The molecule has 1 atom stereocenters. The van der Waals surface area contributed by atoms with Gasteiger partial charge in [-0.15, -0.1) is 0 Å². The fraction of sp³-hybridized carbons (Fsp3) is 0.222. The zero-order chi connectivity index (χ0) is 18.7. The number of halogens is 1. The summed E-state index contributed by atoms with van der Waals surface area (Å²) in [6.45, 7) is -0.0632. The number of rotatable bonds is 7. The van der Waals surface area contributed by atoms with Gasteiger partial charge in [0.25, 0.3) is 0 Å². The Morgan fingerprint density at radius 1 is 1.15 bits per heavy atom. The Morgan fingerprint density at radius 3 is 2.58 bits per heavy atom. The van der Waals surface area contributed by atoms with Crippen molar-refractivity contribution in [3.05, 3.63) is 60.1 Å². The molecule has 0 unspecified atom stereocenters. The fourth-order valence-electron chi connectivity index (χ4n) is 2.54. The number of hydrogen-bond donors (Lipinski definition) is 1. The lowest BCUT2D eigenvalue weighted by Crippen LogP contribution is -2.29. The molecule has 138 valence electrons. The number of sulfonamides is 1. The van der Waals surface area contributed by atoms with Crippen LogP contribution in [0.25, 0.3) is 11.0 Å². The van der Waals surface area contributed by atoms with Gasteiger partial charge in [0, 0.05) is 19.0 Å². The van der Waals surface area contributed by atoms with Crippen LogP contribution in [0, 0.1) is 5.82 Å². The number of benzene rings is 2. The largest absolute Gasteiger partial charge is 0.494 e. The third-order valence-electron chi connectivity index (χ3n) is 3.94. The third kappa shape index (κ3) is 3.72. The minimum Gasteiger partial charge on any atom is -0.494 e. The van der Waals surface area contributed by atoms with Gasteiger partial charge in [-0.1, -0.05) is 18.2 Å². The summed E-state index contributed by atoms with van der Waals surface area (Å²) in [5.74, 6) is -0.283. The second-order valence-electron chi connectivity index (χ2n) is 5.56. The van der Waals surface area contributed by atoms with Crippen LogP contribution in [-0.4, -0.2) is 29.2 Å². The summed E-state index contributed by atoms with van der Waals surface area (Å²) in [5.41, 5.74) is 0.685. The van der Waals surface area contributed by atoms with Crippen LogP contribution in [0.2, 0.25) is 0 Å². The maximum atomic E-state index is 13.8. The van der Waals surface area contributed by atoms with Gasteiger partial charge in [-0.3, -0.25) is 0 Å². The molecule has 26 heavy (non-hydrogen) atoms. The summed E-state index contributed by atoms with van der Waals surface area (Å²) >= 11 is 0. The molecule has 0 amide bonds. The Hall–Kier alpha value is -2.42. The van der Waals surface area contributed by atoms with Gasteiger partial charge in [-0.25, -0.2) is 17.5 Å². The molecule has 0 aliphatic carbocycles. The van der Waals surface area contributed by atoms with Gasteiger partial charge in [-0.2, -0.15) is 0 Å². The van der Waals surface area contributed by atoms with E-state index in [0.29, 0.717) is 11.3 Å². The zero-order valence-electron chi connectivity index (χ0n) is 14.2. The molecular formula is C18H18FNO5S. The van der Waals surface area contributed by atoms with Gasteiger partial charge >= 0.3 is 0 Å². The van der Waals surface area contributed by atoms with Crippen molar-refractivity contribution in [1.29, 1.82) is 0 Å². The van der Waals surface area contributed by atoms with E-state index in [0.717, 1.165) is 11.5 Å². The molecule has 3 aromatic rings. The van der Waals surface area contributed by atoms with Gasteiger partial charge in [-0.05, 0) is 30.3 Å². The van der Waals surface area contributed by atoms with E-state index in [2.05, 4.69) is 4.72 Å². The SMILES string of the molecule is COc1ccc(S(=O)(=O)NC[C@@H](OC)c2cc3ccccc3o2)cc1F. The quantitative estimate of drug-likeness (QED) is 0.682. The van der Waals surface area contributed by atoms with Crippen LogP contribution in [0.15, 0.2) is 57.8 Å². The van der Waals surface area contributed by atoms with Gasteiger partial charge in [0.15, 0.2) is 11.6 Å². The molecule has 6 nitrogen and oxygen atoms in total. The number of hydrogen-bond acceptors (Lipinski definition) is 5. The highest BCUT2D eigenvalue weighted by molar-refractivity contribution is 7.89. The molecule has 0 aliphatic rings. The van der Waals surface area contributed by atoms with E-state index in [1.807, 2.05) is 24.3 Å². The highest BCUT2D eigenvalue weighted by atomic mass is 32.2. The van der Waals surface area contributed by atoms with Crippen LogP contribution in [0.3, 0.4) is 0 Å². The van der Waals surface area contributed by atoms with E-state index in [-0.39, 0.29) is 17.2 Å². The first-order valence-corrected chi connectivity index (χ1v) is 9.27. The van der Waals surface area contributed by atoms with Crippen molar-refractivity contribution in [2.24, 2.45) is 0 Å². The lowest BCUT2D eigenvalue weighted by molar-refractivity contribution is 0.0893. The van der Waals surface area contributed by atoms with Crippen molar-refractivity contribution < 1.29 is 26.7 Å². The van der Waals surface area contributed by atoms with E-state index < -0.39 is 21.9 Å². The summed E-state index contributed by atoms with van der Waals surface area (Å²) in [6.07, 6.45) is -0.625. The smallest absolute Gasteiger partial charge is 0.240 e. The number of fused-ring (bicyclic) bond motifs is 1. The summed E-state index contributed by atoms with van der Waals surface area (Å²) < 4.78 is 56.8. The maximum Gasteiger partial charge on any atom is 0.240 e. The Balaban J connectivity index is 1.77.